The molecule has 1 aromatic carbocycles. The molecule has 0 fully saturated rings. The van der Waals surface area contributed by atoms with Crippen molar-refractivity contribution in [3.05, 3.63) is 35.9 Å². The second-order valence-corrected chi connectivity index (χ2v) is 6.52. The number of hydrogen-bond acceptors (Lipinski definition) is 5. The predicted octanol–water partition coefficient (Wildman–Crippen LogP) is 3.83. The third-order valence-electron chi connectivity index (χ3n) is 3.85. The van der Waals surface area contributed by atoms with E-state index in [1.54, 1.807) is 13.8 Å². The summed E-state index contributed by atoms with van der Waals surface area (Å²) in [4.78, 5) is 24.8. The molecule has 0 aliphatic carbocycles. The van der Waals surface area contributed by atoms with Crippen molar-refractivity contribution in [1.29, 1.82) is 0 Å². The zero-order chi connectivity index (χ0) is 20.8. The van der Waals surface area contributed by atoms with Gasteiger partial charge in [-0.25, -0.2) is 9.59 Å². The Morgan fingerprint density at radius 3 is 2.11 bits per heavy atom. The summed E-state index contributed by atoms with van der Waals surface area (Å²) in [6, 6.07) is 6.30. The maximum absolute atomic E-state index is 13.9. The van der Waals surface area contributed by atoms with Crippen molar-refractivity contribution in [2.24, 2.45) is 5.92 Å². The number of ether oxygens (including phenoxy) is 3. The quantitative estimate of drug-likeness (QED) is 0.481. The van der Waals surface area contributed by atoms with Gasteiger partial charge in [0.05, 0.1) is 12.0 Å². The lowest BCUT2D eigenvalue weighted by Gasteiger charge is -2.34. The number of halogens is 4. The van der Waals surface area contributed by atoms with Crippen molar-refractivity contribution < 1.29 is 37.0 Å². The van der Waals surface area contributed by atoms with E-state index in [4.69, 9.17) is 21.1 Å². The van der Waals surface area contributed by atoms with Gasteiger partial charge in [-0.2, -0.15) is 13.2 Å². The fraction of sp³-hybridized carbons (Fsp3) is 0.556. The molecule has 1 unspecified atom stereocenters. The molecule has 152 valence electrons. The summed E-state index contributed by atoms with van der Waals surface area (Å²) in [7, 11) is 0.738. The van der Waals surface area contributed by atoms with Crippen molar-refractivity contribution in [2.45, 2.75) is 44.0 Å². The predicted molar refractivity (Wildman–Crippen MR) is 92.2 cm³/mol. The van der Waals surface area contributed by atoms with E-state index in [1.807, 2.05) is 0 Å². The number of rotatable bonds is 8. The maximum atomic E-state index is 13.9. The van der Waals surface area contributed by atoms with Crippen molar-refractivity contribution in [1.82, 2.24) is 0 Å². The normalized spacial score (nSPS) is 16.3. The Hall–Kier alpha value is -1.80. The summed E-state index contributed by atoms with van der Waals surface area (Å²) >= 11 is 6.11. The highest BCUT2D eigenvalue weighted by Gasteiger charge is 2.64. The number of methoxy groups -OCH3 is 1. The van der Waals surface area contributed by atoms with E-state index in [1.165, 1.54) is 25.1 Å². The third kappa shape index (κ3) is 4.93. The van der Waals surface area contributed by atoms with Crippen LogP contribution in [0.2, 0.25) is 0 Å². The van der Waals surface area contributed by atoms with Crippen molar-refractivity contribution in [3.63, 3.8) is 0 Å². The van der Waals surface area contributed by atoms with E-state index < -0.39 is 40.8 Å². The average molecular weight is 411 g/mol. The molecule has 0 saturated heterocycles. The Kier molecular flexibility index (Phi) is 8.10. The summed E-state index contributed by atoms with van der Waals surface area (Å²) in [6.07, 6.45) is -6.88. The van der Waals surface area contributed by atoms with Crippen LogP contribution in [0.3, 0.4) is 0 Å². The van der Waals surface area contributed by atoms with Crippen molar-refractivity contribution >= 4 is 23.5 Å². The van der Waals surface area contributed by atoms with Crippen LogP contribution in [0.15, 0.2) is 30.3 Å². The number of benzene rings is 1. The molecule has 1 aromatic rings. The van der Waals surface area contributed by atoms with E-state index in [2.05, 4.69) is 4.74 Å². The molecule has 0 amide bonds. The van der Waals surface area contributed by atoms with E-state index >= 15 is 0 Å². The van der Waals surface area contributed by atoms with Crippen LogP contribution in [0.4, 0.5) is 13.2 Å². The SMILES string of the molecule is CCOC(=O)[C@H](OC(=O)C(OC)(c1ccccc1)C(F)(F)F)[C@@H](Cl)C(C)C. The van der Waals surface area contributed by atoms with Gasteiger partial charge in [-0.15, -0.1) is 11.6 Å². The molecule has 27 heavy (non-hydrogen) atoms. The summed E-state index contributed by atoms with van der Waals surface area (Å²) in [6.45, 7) is 4.71. The lowest BCUT2D eigenvalue weighted by Crippen LogP contribution is -2.54. The number of alkyl halides is 4. The van der Waals surface area contributed by atoms with Crippen LogP contribution in [-0.2, 0) is 29.4 Å². The highest BCUT2D eigenvalue weighted by atomic mass is 35.5. The number of carbonyl (C=O) groups is 2. The second kappa shape index (κ2) is 9.41. The largest absolute Gasteiger partial charge is 0.463 e. The average Bonchev–Trinajstić information content (AvgIpc) is 2.60. The molecular formula is C18H22ClF3O5. The maximum Gasteiger partial charge on any atom is 0.432 e. The Labute approximate surface area is 160 Å². The Morgan fingerprint density at radius 1 is 1.15 bits per heavy atom. The van der Waals surface area contributed by atoms with Gasteiger partial charge in [-0.3, -0.25) is 0 Å². The van der Waals surface area contributed by atoms with Crippen LogP contribution in [0.1, 0.15) is 26.3 Å². The molecular weight excluding hydrogens is 389 g/mol. The highest BCUT2D eigenvalue weighted by molar-refractivity contribution is 6.22. The molecule has 5 nitrogen and oxygen atoms in total. The van der Waals surface area contributed by atoms with Crippen molar-refractivity contribution in [2.75, 3.05) is 13.7 Å². The van der Waals surface area contributed by atoms with Gasteiger partial charge >= 0.3 is 18.1 Å². The molecule has 0 bridgehead atoms. The van der Waals surface area contributed by atoms with E-state index in [0.29, 0.717) is 0 Å². The van der Waals surface area contributed by atoms with Gasteiger partial charge in [0.1, 0.15) is 0 Å². The Balaban J connectivity index is 3.38. The van der Waals surface area contributed by atoms with Crippen LogP contribution in [-0.4, -0.2) is 43.3 Å². The summed E-state index contributed by atoms with van der Waals surface area (Å²) in [5, 5.41) is -1.09. The molecule has 0 spiro atoms. The number of esters is 2. The minimum Gasteiger partial charge on any atom is -0.463 e. The molecule has 0 aromatic heterocycles. The van der Waals surface area contributed by atoms with Gasteiger partial charge in [-0.1, -0.05) is 44.2 Å². The van der Waals surface area contributed by atoms with Crippen molar-refractivity contribution in [3.8, 4) is 0 Å². The monoisotopic (exact) mass is 410 g/mol. The van der Waals surface area contributed by atoms with Gasteiger partial charge in [0, 0.05) is 12.7 Å². The highest BCUT2D eigenvalue weighted by Crippen LogP contribution is 2.43. The van der Waals surface area contributed by atoms with E-state index in [9.17, 15) is 22.8 Å². The molecule has 9 heteroatoms. The topological polar surface area (TPSA) is 61.8 Å². The zero-order valence-electron chi connectivity index (χ0n) is 15.4. The molecule has 0 N–H and O–H groups in total. The van der Waals surface area contributed by atoms with Crippen LogP contribution in [0.5, 0.6) is 0 Å². The van der Waals surface area contributed by atoms with Gasteiger partial charge in [-0.05, 0) is 12.8 Å². The lowest BCUT2D eigenvalue weighted by atomic mass is 9.92. The summed E-state index contributed by atoms with van der Waals surface area (Å²) < 4.78 is 56.1. The lowest BCUT2D eigenvalue weighted by molar-refractivity contribution is -0.278. The van der Waals surface area contributed by atoms with Gasteiger partial charge in [0.15, 0.2) is 0 Å². The Bertz CT molecular complexity index is 636. The molecule has 0 aliphatic heterocycles. The minimum absolute atomic E-state index is 0.0536. The first-order valence-corrected chi connectivity index (χ1v) is 8.65. The fourth-order valence-electron chi connectivity index (χ4n) is 2.40. The third-order valence-corrected chi connectivity index (χ3v) is 4.58. The molecule has 1 rings (SSSR count). The van der Waals surface area contributed by atoms with Crippen LogP contribution < -0.4 is 0 Å². The first-order chi connectivity index (χ1) is 12.5. The van der Waals surface area contributed by atoms with Crippen LogP contribution in [0.25, 0.3) is 0 Å². The Morgan fingerprint density at radius 2 is 1.70 bits per heavy atom. The second-order valence-electron chi connectivity index (χ2n) is 6.02. The summed E-state index contributed by atoms with van der Waals surface area (Å²) in [5.74, 6) is -3.21. The molecule has 0 aliphatic rings. The smallest absolute Gasteiger partial charge is 0.432 e. The van der Waals surface area contributed by atoms with Gasteiger partial charge < -0.3 is 14.2 Å². The number of carbonyl (C=O) groups excluding carboxylic acids is 2. The fourth-order valence-corrected chi connectivity index (χ4v) is 2.56. The minimum atomic E-state index is -5.15. The van der Waals surface area contributed by atoms with Crippen LogP contribution in [0, 0.1) is 5.92 Å². The van der Waals surface area contributed by atoms with Gasteiger partial charge in [0.25, 0.3) is 5.60 Å². The molecule has 0 radical (unpaired) electrons. The van der Waals surface area contributed by atoms with Gasteiger partial charge in [0.2, 0.25) is 6.10 Å². The number of hydrogen-bond donors (Lipinski definition) is 0. The first kappa shape index (κ1) is 23.2. The first-order valence-electron chi connectivity index (χ1n) is 8.22. The zero-order valence-corrected chi connectivity index (χ0v) is 16.1. The molecule has 0 heterocycles. The molecule has 0 saturated carbocycles. The molecule has 3 atom stereocenters. The van der Waals surface area contributed by atoms with Crippen LogP contribution >= 0.6 is 11.6 Å². The summed E-state index contributed by atoms with van der Waals surface area (Å²) in [5.41, 5.74) is -3.89. The van der Waals surface area contributed by atoms with E-state index in [-0.39, 0.29) is 12.5 Å². The standard InChI is InChI=1S/C18H22ClF3O5/c1-5-26-15(23)14(13(19)11(2)3)27-16(24)17(25-4,18(20,21)22)12-9-7-6-8-10-12/h6-11,13-14H,5H2,1-4H3/t13-,14+,17?/m0/s1. The van der Waals surface area contributed by atoms with E-state index in [0.717, 1.165) is 19.2 Å².